The van der Waals surface area contributed by atoms with E-state index in [-0.39, 0.29) is 6.33 Å². The van der Waals surface area contributed by atoms with Crippen LogP contribution in [-0.4, -0.2) is 13.0 Å². The Hall–Kier alpha value is -0.530. The SMILES string of the molecule is C=CF.O=S(=O)(O)OF. The van der Waals surface area contributed by atoms with Gasteiger partial charge in [-0.15, -0.1) is 0 Å². The molecule has 4 nitrogen and oxygen atoms in total. The van der Waals surface area contributed by atoms with Gasteiger partial charge in [0.15, 0.2) is 0 Å². The Bertz CT molecular complexity index is 150. The molecule has 1 N–H and O–H groups in total. The van der Waals surface area contributed by atoms with Crippen LogP contribution in [0.2, 0.25) is 0 Å². The van der Waals surface area contributed by atoms with Crippen molar-refractivity contribution < 1.29 is 26.3 Å². The van der Waals surface area contributed by atoms with Crippen LogP contribution >= 0.6 is 0 Å². The third-order valence-corrected chi connectivity index (χ3v) is 0.239. The summed E-state index contributed by atoms with van der Waals surface area (Å²) >= 11 is 0. The summed E-state index contributed by atoms with van der Waals surface area (Å²) in [6, 6.07) is 0. The van der Waals surface area contributed by atoms with Crippen molar-refractivity contribution in [2.45, 2.75) is 0 Å². The van der Waals surface area contributed by atoms with Crippen LogP contribution in [0.5, 0.6) is 0 Å². The zero-order valence-corrected chi connectivity index (χ0v) is 4.94. The lowest BCUT2D eigenvalue weighted by Crippen LogP contribution is -1.93. The fraction of sp³-hybridized carbons (Fsp3) is 0. The van der Waals surface area contributed by atoms with E-state index in [0.29, 0.717) is 0 Å². The monoisotopic (exact) mass is 162 g/mol. The van der Waals surface area contributed by atoms with Gasteiger partial charge in [0.25, 0.3) is 0 Å². The molecule has 9 heavy (non-hydrogen) atoms. The van der Waals surface area contributed by atoms with Crippen LogP contribution < -0.4 is 0 Å². The van der Waals surface area contributed by atoms with E-state index in [1.54, 1.807) is 0 Å². The van der Waals surface area contributed by atoms with Gasteiger partial charge in [-0.3, -0.25) is 4.55 Å². The summed E-state index contributed by atoms with van der Waals surface area (Å²) in [6.07, 6.45) is 0.250. The Balaban J connectivity index is 0. The number of hydrogen-bond acceptors (Lipinski definition) is 3. The van der Waals surface area contributed by atoms with Gasteiger partial charge in [0, 0.05) is 0 Å². The second-order valence-corrected chi connectivity index (χ2v) is 1.63. The summed E-state index contributed by atoms with van der Waals surface area (Å²) < 4.78 is 47.3. The maximum absolute atomic E-state index is 10.2. The molecule has 0 amide bonds. The van der Waals surface area contributed by atoms with Crippen LogP contribution in [0.4, 0.5) is 8.92 Å². The molecule has 0 saturated carbocycles. The molecule has 0 aromatic heterocycles. The Labute approximate surface area is 50.6 Å². The molecular formula is C2H4F2O4S. The van der Waals surface area contributed by atoms with Crippen molar-refractivity contribution in [3.63, 3.8) is 0 Å². The van der Waals surface area contributed by atoms with Crippen molar-refractivity contribution in [2.24, 2.45) is 0 Å². The molecule has 0 aliphatic carbocycles. The standard InChI is InChI=1S/C2H3F.FHO4S/c1-2-3;1-5-6(2,3)4/h2H,1H2;(H,2,3,4). The van der Waals surface area contributed by atoms with E-state index in [0.717, 1.165) is 0 Å². The van der Waals surface area contributed by atoms with E-state index in [2.05, 4.69) is 6.58 Å². The molecule has 0 radical (unpaired) electrons. The smallest absolute Gasteiger partial charge is 0.262 e. The number of halogens is 2. The third-order valence-electron chi connectivity index (χ3n) is 0.0796. The highest BCUT2D eigenvalue weighted by Crippen LogP contribution is 1.81. The molecule has 0 spiro atoms. The van der Waals surface area contributed by atoms with Crippen LogP contribution in [0, 0.1) is 0 Å². The van der Waals surface area contributed by atoms with E-state index in [4.69, 9.17) is 13.0 Å². The second kappa shape index (κ2) is 5.60. The largest absolute Gasteiger partial charge is 0.428 e. The molecule has 0 atom stereocenters. The van der Waals surface area contributed by atoms with Gasteiger partial charge in [0.05, 0.1) is 6.33 Å². The van der Waals surface area contributed by atoms with Gasteiger partial charge < -0.3 is 0 Å². The fourth-order valence-electron chi connectivity index (χ4n) is 0. The Morgan fingerprint density at radius 2 is 1.78 bits per heavy atom. The maximum atomic E-state index is 10.2. The van der Waals surface area contributed by atoms with Crippen LogP contribution in [0.1, 0.15) is 0 Å². The van der Waals surface area contributed by atoms with E-state index in [1.165, 1.54) is 0 Å². The lowest BCUT2D eigenvalue weighted by molar-refractivity contribution is -0.0113. The normalized spacial score (nSPS) is 9.22. The van der Waals surface area contributed by atoms with E-state index >= 15 is 0 Å². The molecule has 7 heteroatoms. The summed E-state index contributed by atoms with van der Waals surface area (Å²) in [6.45, 7) is 2.69. The zero-order valence-electron chi connectivity index (χ0n) is 4.12. The Morgan fingerprint density at radius 3 is 1.78 bits per heavy atom. The Kier molecular flexibility index (Phi) is 7.03. The van der Waals surface area contributed by atoms with Crippen molar-refractivity contribution >= 4 is 10.4 Å². The predicted octanol–water partition coefficient (Wildman–Crippen LogP) is 0.790. The molecule has 0 aromatic rings. The lowest BCUT2D eigenvalue weighted by atomic mass is 11.2. The number of hydrogen-bond donors (Lipinski definition) is 1. The minimum Gasteiger partial charge on any atom is -0.262 e. The highest BCUT2D eigenvalue weighted by molar-refractivity contribution is 7.80. The van der Waals surface area contributed by atoms with E-state index < -0.39 is 10.4 Å². The molecule has 0 aliphatic rings. The van der Waals surface area contributed by atoms with Crippen LogP contribution in [0.25, 0.3) is 0 Å². The summed E-state index contributed by atoms with van der Waals surface area (Å²) in [5.41, 5.74) is 0. The molecule has 0 bridgehead atoms. The molecule has 0 saturated heterocycles. The van der Waals surface area contributed by atoms with Crippen molar-refractivity contribution in [3.05, 3.63) is 12.9 Å². The average Bonchev–Trinajstić information content (AvgIpc) is 1.67. The molecule has 0 heterocycles. The first-order valence-corrected chi connectivity index (χ1v) is 2.83. The summed E-state index contributed by atoms with van der Waals surface area (Å²) in [5.74, 6) is 0. The van der Waals surface area contributed by atoms with E-state index in [9.17, 15) is 8.92 Å². The number of rotatable bonds is 1. The van der Waals surface area contributed by atoms with Crippen molar-refractivity contribution in [1.82, 2.24) is 0 Å². The maximum Gasteiger partial charge on any atom is 0.428 e. The van der Waals surface area contributed by atoms with Crippen LogP contribution in [0.15, 0.2) is 12.9 Å². The first kappa shape index (κ1) is 11.3. The summed E-state index contributed by atoms with van der Waals surface area (Å²) in [4.78, 5) is 0. The summed E-state index contributed by atoms with van der Waals surface area (Å²) in [7, 11) is -4.83. The molecule has 0 rings (SSSR count). The first-order chi connectivity index (χ1) is 3.97. The lowest BCUT2D eigenvalue weighted by Gasteiger charge is -1.75. The molecule has 0 unspecified atom stereocenters. The Morgan fingerprint density at radius 1 is 1.67 bits per heavy atom. The zero-order chi connectivity index (χ0) is 7.91. The minimum absolute atomic E-state index is 0.250. The van der Waals surface area contributed by atoms with E-state index in [1.807, 2.05) is 4.39 Å². The van der Waals surface area contributed by atoms with Gasteiger partial charge in [-0.1, -0.05) is 6.58 Å². The minimum atomic E-state index is -4.83. The predicted molar refractivity (Wildman–Crippen MR) is 25.0 cm³/mol. The fourth-order valence-corrected chi connectivity index (χ4v) is 0. The van der Waals surface area contributed by atoms with Crippen molar-refractivity contribution in [1.29, 1.82) is 0 Å². The van der Waals surface area contributed by atoms with Crippen LogP contribution in [-0.2, 0) is 14.8 Å². The van der Waals surface area contributed by atoms with Gasteiger partial charge in [0.1, 0.15) is 0 Å². The molecular weight excluding hydrogens is 158 g/mol. The van der Waals surface area contributed by atoms with Crippen LogP contribution in [0.3, 0.4) is 0 Å². The molecule has 56 valence electrons. The van der Waals surface area contributed by atoms with Gasteiger partial charge in [-0.25, -0.2) is 4.39 Å². The van der Waals surface area contributed by atoms with Gasteiger partial charge in [0.2, 0.25) is 0 Å². The first-order valence-electron chi connectivity index (χ1n) is 1.46. The van der Waals surface area contributed by atoms with Gasteiger partial charge >= 0.3 is 10.4 Å². The average molecular weight is 162 g/mol. The second-order valence-electron chi connectivity index (χ2n) is 0.645. The van der Waals surface area contributed by atoms with Crippen molar-refractivity contribution in [3.8, 4) is 0 Å². The molecule has 0 aliphatic heterocycles. The topological polar surface area (TPSA) is 63.6 Å². The summed E-state index contributed by atoms with van der Waals surface area (Å²) in [5, 5.41) is 0. The third kappa shape index (κ3) is 36.6. The van der Waals surface area contributed by atoms with Gasteiger partial charge in [-0.2, -0.15) is 8.42 Å². The molecule has 0 fully saturated rings. The van der Waals surface area contributed by atoms with Gasteiger partial charge in [-0.05, 0) is 8.91 Å². The highest BCUT2D eigenvalue weighted by atomic mass is 32.3. The highest BCUT2D eigenvalue weighted by Gasteiger charge is 1.99. The van der Waals surface area contributed by atoms with Crippen molar-refractivity contribution in [2.75, 3.05) is 0 Å². The molecule has 0 aromatic carbocycles. The quantitative estimate of drug-likeness (QED) is 0.579.